The lowest BCUT2D eigenvalue weighted by atomic mass is 9.91. The van der Waals surface area contributed by atoms with Crippen LogP contribution in [-0.2, 0) is 14.4 Å². The van der Waals surface area contributed by atoms with Crippen molar-refractivity contribution in [2.24, 2.45) is 5.92 Å². The molecular formula is C22H16BrN3O3. The molecule has 2 amide bonds. The van der Waals surface area contributed by atoms with E-state index in [-0.39, 0.29) is 11.8 Å². The van der Waals surface area contributed by atoms with E-state index in [1.54, 1.807) is 41.7 Å². The van der Waals surface area contributed by atoms with Crippen molar-refractivity contribution in [1.29, 1.82) is 0 Å². The molecule has 3 atom stereocenters. The number of amides is 2. The van der Waals surface area contributed by atoms with Crippen LogP contribution >= 0.6 is 15.9 Å². The van der Waals surface area contributed by atoms with Gasteiger partial charge in [-0.05, 0) is 48.0 Å². The first kappa shape index (κ1) is 18.0. The van der Waals surface area contributed by atoms with Crippen LogP contribution < -0.4 is 9.96 Å². The van der Waals surface area contributed by atoms with Gasteiger partial charge in [-0.3, -0.25) is 19.4 Å². The van der Waals surface area contributed by atoms with Crippen molar-refractivity contribution in [2.75, 3.05) is 9.96 Å². The maximum Gasteiger partial charge on any atom is 0.266 e. The zero-order valence-electron chi connectivity index (χ0n) is 15.2. The summed E-state index contributed by atoms with van der Waals surface area (Å²) in [6.45, 7) is 0. The minimum Gasteiger partial charge on any atom is -0.273 e. The number of hydrogen-bond donors (Lipinski definition) is 0. The Morgan fingerprint density at radius 2 is 1.62 bits per heavy atom. The number of pyridine rings is 1. The molecule has 6 nitrogen and oxygen atoms in total. The molecule has 2 saturated heterocycles. The molecule has 0 unspecified atom stereocenters. The Balaban J connectivity index is 1.58. The highest BCUT2D eigenvalue weighted by Gasteiger charge is 2.60. The highest BCUT2D eigenvalue weighted by Crippen LogP contribution is 2.47. The minimum absolute atomic E-state index is 0.269. The second-order valence-electron chi connectivity index (χ2n) is 6.93. The van der Waals surface area contributed by atoms with Gasteiger partial charge in [-0.25, -0.2) is 9.96 Å². The van der Waals surface area contributed by atoms with E-state index >= 15 is 0 Å². The van der Waals surface area contributed by atoms with Crippen LogP contribution in [0.15, 0.2) is 83.6 Å². The lowest BCUT2D eigenvalue weighted by Crippen LogP contribution is -2.37. The Kier molecular flexibility index (Phi) is 4.41. The van der Waals surface area contributed by atoms with Crippen molar-refractivity contribution < 1.29 is 14.4 Å². The zero-order chi connectivity index (χ0) is 20.0. The molecule has 5 rings (SSSR count). The van der Waals surface area contributed by atoms with Crippen LogP contribution in [0, 0.1) is 5.92 Å². The fourth-order valence-corrected chi connectivity index (χ4v) is 4.21. The molecule has 29 heavy (non-hydrogen) atoms. The normalized spacial score (nSPS) is 23.6. The van der Waals surface area contributed by atoms with Crippen LogP contribution in [-0.4, -0.2) is 22.9 Å². The van der Waals surface area contributed by atoms with E-state index in [1.807, 2.05) is 42.5 Å². The summed E-state index contributed by atoms with van der Waals surface area (Å²) in [7, 11) is 0. The summed E-state index contributed by atoms with van der Waals surface area (Å²) in [5.74, 6) is -1.28. The largest absolute Gasteiger partial charge is 0.273 e. The Morgan fingerprint density at radius 1 is 0.862 bits per heavy atom. The monoisotopic (exact) mass is 449 g/mol. The summed E-state index contributed by atoms with van der Waals surface area (Å²) in [5, 5.41) is 1.67. The summed E-state index contributed by atoms with van der Waals surface area (Å²) in [4.78, 5) is 38.1. The van der Waals surface area contributed by atoms with Gasteiger partial charge in [-0.1, -0.05) is 40.2 Å². The number of imide groups is 1. The number of halogens is 1. The summed E-state index contributed by atoms with van der Waals surface area (Å²) in [6.07, 6.45) is 2.52. The molecule has 1 aromatic heterocycles. The van der Waals surface area contributed by atoms with E-state index in [1.165, 1.54) is 4.90 Å². The lowest BCUT2D eigenvalue weighted by molar-refractivity contribution is -0.126. The molecule has 7 heteroatoms. The number of anilines is 2. The molecule has 144 valence electrons. The van der Waals surface area contributed by atoms with E-state index in [9.17, 15) is 9.59 Å². The summed E-state index contributed by atoms with van der Waals surface area (Å²) >= 11 is 3.38. The van der Waals surface area contributed by atoms with Gasteiger partial charge in [0.1, 0.15) is 5.92 Å². The second kappa shape index (κ2) is 7.09. The molecule has 2 aliphatic heterocycles. The number of benzene rings is 2. The average Bonchev–Trinajstić information content (AvgIpc) is 3.27. The number of hydrogen-bond acceptors (Lipinski definition) is 5. The van der Waals surface area contributed by atoms with Gasteiger partial charge in [0.05, 0.1) is 17.4 Å². The highest BCUT2D eigenvalue weighted by atomic mass is 79.9. The van der Waals surface area contributed by atoms with Crippen LogP contribution in [0.4, 0.5) is 11.4 Å². The second-order valence-corrected chi connectivity index (χ2v) is 7.85. The zero-order valence-corrected chi connectivity index (χ0v) is 16.8. The van der Waals surface area contributed by atoms with E-state index in [2.05, 4.69) is 20.9 Å². The fraction of sp³-hybridized carbons (Fsp3) is 0.136. The third-order valence-electron chi connectivity index (χ3n) is 5.24. The quantitative estimate of drug-likeness (QED) is 0.567. The van der Waals surface area contributed by atoms with E-state index in [0.717, 1.165) is 15.7 Å². The number of nitrogens with zero attached hydrogens (tertiary/aromatic N) is 3. The minimum atomic E-state index is -0.878. The molecule has 3 heterocycles. The molecule has 0 radical (unpaired) electrons. The van der Waals surface area contributed by atoms with Gasteiger partial charge in [-0.2, -0.15) is 0 Å². The van der Waals surface area contributed by atoms with E-state index in [4.69, 9.17) is 4.84 Å². The Bertz CT molecular complexity index is 1060. The summed E-state index contributed by atoms with van der Waals surface area (Å²) < 4.78 is 0.875. The van der Waals surface area contributed by atoms with E-state index in [0.29, 0.717) is 5.69 Å². The van der Waals surface area contributed by atoms with Gasteiger partial charge in [-0.15, -0.1) is 0 Å². The fourth-order valence-electron chi connectivity index (χ4n) is 3.95. The number of aromatic nitrogens is 1. The van der Waals surface area contributed by atoms with Crippen molar-refractivity contribution in [3.8, 4) is 0 Å². The number of rotatable bonds is 3. The molecule has 3 aromatic rings. The first-order valence-corrected chi connectivity index (χ1v) is 9.99. The molecule has 0 bridgehead atoms. The number of para-hydroxylation sites is 1. The van der Waals surface area contributed by atoms with Gasteiger partial charge in [0.15, 0.2) is 6.10 Å². The van der Waals surface area contributed by atoms with Crippen molar-refractivity contribution >= 4 is 39.1 Å². The van der Waals surface area contributed by atoms with Crippen molar-refractivity contribution in [1.82, 2.24) is 4.98 Å². The average molecular weight is 450 g/mol. The predicted molar refractivity (Wildman–Crippen MR) is 111 cm³/mol. The Morgan fingerprint density at radius 3 is 2.31 bits per heavy atom. The van der Waals surface area contributed by atoms with Crippen molar-refractivity contribution in [2.45, 2.75) is 12.1 Å². The van der Waals surface area contributed by atoms with Crippen LogP contribution in [0.2, 0.25) is 0 Å². The molecule has 0 aliphatic carbocycles. The topological polar surface area (TPSA) is 62.7 Å². The number of carbonyl (C=O) groups is 2. The van der Waals surface area contributed by atoms with Crippen LogP contribution in [0.25, 0.3) is 0 Å². The first-order valence-electron chi connectivity index (χ1n) is 9.19. The van der Waals surface area contributed by atoms with Crippen molar-refractivity contribution in [3.63, 3.8) is 0 Å². The first-order chi connectivity index (χ1) is 14.1. The highest BCUT2D eigenvalue weighted by molar-refractivity contribution is 9.10. The van der Waals surface area contributed by atoms with Crippen LogP contribution in [0.5, 0.6) is 0 Å². The molecule has 2 fully saturated rings. The smallest absolute Gasteiger partial charge is 0.266 e. The molecular weight excluding hydrogens is 434 g/mol. The molecule has 2 aromatic carbocycles. The maximum absolute atomic E-state index is 13.4. The molecule has 2 aliphatic rings. The predicted octanol–water partition coefficient (Wildman–Crippen LogP) is 3.90. The third-order valence-corrected chi connectivity index (χ3v) is 5.77. The third kappa shape index (κ3) is 2.94. The molecule has 0 saturated carbocycles. The van der Waals surface area contributed by atoms with Crippen LogP contribution in [0.1, 0.15) is 11.6 Å². The SMILES string of the molecule is O=C1[C@H]2[C@H](ON(c3ccccc3)[C@H]2c2cccnc2)C(=O)N1c1ccc(Br)cc1. The van der Waals surface area contributed by atoms with Gasteiger partial charge < -0.3 is 0 Å². The van der Waals surface area contributed by atoms with Gasteiger partial charge in [0, 0.05) is 16.9 Å². The van der Waals surface area contributed by atoms with Gasteiger partial charge >= 0.3 is 0 Å². The Labute approximate surface area is 175 Å². The standard InChI is InChI=1S/C22H16BrN3O3/c23-15-8-10-16(11-9-15)25-21(27)18-19(14-5-4-12-24-13-14)26(29-20(18)22(25)28)17-6-2-1-3-7-17/h1-13,18-20H/t18-,19+,20+/m1/s1. The summed E-state index contributed by atoms with van der Waals surface area (Å²) in [6, 6.07) is 19.9. The van der Waals surface area contributed by atoms with Crippen LogP contribution in [0.3, 0.4) is 0 Å². The van der Waals surface area contributed by atoms with Gasteiger partial charge in [0.25, 0.3) is 5.91 Å². The maximum atomic E-state index is 13.4. The number of carbonyl (C=O) groups excluding carboxylic acids is 2. The number of hydroxylamine groups is 1. The Hall–Kier alpha value is -3.03. The van der Waals surface area contributed by atoms with E-state index < -0.39 is 18.1 Å². The molecule has 0 N–H and O–H groups in total. The lowest BCUT2D eigenvalue weighted by Gasteiger charge is -2.28. The van der Waals surface area contributed by atoms with Gasteiger partial charge in [0.2, 0.25) is 5.91 Å². The van der Waals surface area contributed by atoms with Crippen molar-refractivity contribution in [3.05, 3.63) is 89.2 Å². The summed E-state index contributed by atoms with van der Waals surface area (Å²) in [5.41, 5.74) is 2.15. The molecule has 0 spiro atoms. The number of fused-ring (bicyclic) bond motifs is 1.